The van der Waals surface area contributed by atoms with Gasteiger partial charge in [0.1, 0.15) is 0 Å². The summed E-state index contributed by atoms with van der Waals surface area (Å²) in [6.07, 6.45) is 4.13. The lowest BCUT2D eigenvalue weighted by atomic mass is 10.1. The van der Waals surface area contributed by atoms with Crippen LogP contribution in [0.25, 0.3) is 0 Å². The third kappa shape index (κ3) is 3.93. The minimum Gasteiger partial charge on any atom is -0.395 e. The maximum atomic E-state index is 12.0. The molecule has 104 valence electrons. The lowest BCUT2D eigenvalue weighted by Crippen LogP contribution is -2.49. The first-order valence-electron chi connectivity index (χ1n) is 7.14. The highest BCUT2D eigenvalue weighted by Crippen LogP contribution is 2.12. The van der Waals surface area contributed by atoms with Gasteiger partial charge in [-0.3, -0.25) is 9.69 Å². The van der Waals surface area contributed by atoms with Crippen molar-refractivity contribution < 1.29 is 9.90 Å². The van der Waals surface area contributed by atoms with E-state index in [1.54, 1.807) is 0 Å². The number of amides is 1. The molecular formula is C13H25N3O2. The Bertz CT molecular complexity index is 259. The van der Waals surface area contributed by atoms with Gasteiger partial charge in [-0.05, 0) is 25.8 Å². The molecule has 2 N–H and O–H groups in total. The molecule has 2 heterocycles. The standard InChI is InChI=1S/C13H25N3O2/c17-11-10-15-6-8-16(9-7-15)13(18)4-3-12-2-1-5-14-12/h12,14,17H,1-11H2. The van der Waals surface area contributed by atoms with E-state index in [1.807, 2.05) is 4.90 Å². The fraction of sp³-hybridized carbons (Fsp3) is 0.923. The van der Waals surface area contributed by atoms with Gasteiger partial charge in [0.15, 0.2) is 0 Å². The zero-order chi connectivity index (χ0) is 12.8. The van der Waals surface area contributed by atoms with Gasteiger partial charge in [-0.25, -0.2) is 0 Å². The zero-order valence-electron chi connectivity index (χ0n) is 11.1. The van der Waals surface area contributed by atoms with Crippen LogP contribution in [0.3, 0.4) is 0 Å². The van der Waals surface area contributed by atoms with Gasteiger partial charge in [-0.1, -0.05) is 0 Å². The van der Waals surface area contributed by atoms with E-state index in [-0.39, 0.29) is 6.61 Å². The highest BCUT2D eigenvalue weighted by atomic mass is 16.3. The number of hydrogen-bond acceptors (Lipinski definition) is 4. The quantitative estimate of drug-likeness (QED) is 0.705. The zero-order valence-corrected chi connectivity index (χ0v) is 11.1. The average molecular weight is 255 g/mol. The number of carbonyl (C=O) groups excluding carboxylic acids is 1. The number of rotatable bonds is 5. The summed E-state index contributed by atoms with van der Waals surface area (Å²) in [5.74, 6) is 0.298. The molecule has 0 saturated carbocycles. The van der Waals surface area contributed by atoms with Crippen LogP contribution in [0.2, 0.25) is 0 Å². The number of aliphatic hydroxyl groups excluding tert-OH is 1. The molecule has 2 aliphatic rings. The molecule has 0 bridgehead atoms. The molecule has 1 unspecified atom stereocenters. The minimum absolute atomic E-state index is 0.210. The molecule has 1 amide bonds. The normalized spacial score (nSPS) is 25.6. The lowest BCUT2D eigenvalue weighted by molar-refractivity contribution is -0.133. The molecule has 5 nitrogen and oxygen atoms in total. The fourth-order valence-corrected chi connectivity index (χ4v) is 2.82. The van der Waals surface area contributed by atoms with Gasteiger partial charge < -0.3 is 15.3 Å². The third-order valence-electron chi connectivity index (χ3n) is 4.01. The van der Waals surface area contributed by atoms with Crippen LogP contribution in [0.1, 0.15) is 25.7 Å². The summed E-state index contributed by atoms with van der Waals surface area (Å²) < 4.78 is 0. The summed E-state index contributed by atoms with van der Waals surface area (Å²) >= 11 is 0. The van der Waals surface area contributed by atoms with Gasteiger partial charge in [0.05, 0.1) is 6.61 Å². The third-order valence-corrected chi connectivity index (χ3v) is 4.01. The second-order valence-corrected chi connectivity index (χ2v) is 5.28. The molecule has 1 atom stereocenters. The smallest absolute Gasteiger partial charge is 0.222 e. The second-order valence-electron chi connectivity index (χ2n) is 5.28. The van der Waals surface area contributed by atoms with E-state index < -0.39 is 0 Å². The molecule has 5 heteroatoms. The van der Waals surface area contributed by atoms with Crippen molar-refractivity contribution in [1.29, 1.82) is 0 Å². The predicted molar refractivity (Wildman–Crippen MR) is 70.4 cm³/mol. The molecule has 0 spiro atoms. The Morgan fingerprint density at radius 2 is 2.06 bits per heavy atom. The van der Waals surface area contributed by atoms with Crippen LogP contribution in [0.15, 0.2) is 0 Å². The molecule has 2 fully saturated rings. The number of piperazine rings is 1. The van der Waals surface area contributed by atoms with Crippen LogP contribution in [0.5, 0.6) is 0 Å². The first kappa shape index (κ1) is 13.8. The Morgan fingerprint density at radius 3 is 2.67 bits per heavy atom. The van der Waals surface area contributed by atoms with E-state index >= 15 is 0 Å². The number of nitrogens with one attached hydrogen (secondary N) is 1. The molecule has 2 saturated heterocycles. The van der Waals surface area contributed by atoms with Crippen LogP contribution < -0.4 is 5.32 Å². The molecule has 0 aromatic heterocycles. The monoisotopic (exact) mass is 255 g/mol. The van der Waals surface area contributed by atoms with Gasteiger partial charge in [-0.15, -0.1) is 0 Å². The molecule has 2 rings (SSSR count). The first-order valence-corrected chi connectivity index (χ1v) is 7.14. The van der Waals surface area contributed by atoms with Crippen LogP contribution in [0, 0.1) is 0 Å². The van der Waals surface area contributed by atoms with Crippen molar-refractivity contribution in [2.45, 2.75) is 31.7 Å². The maximum Gasteiger partial charge on any atom is 0.222 e. The Morgan fingerprint density at radius 1 is 1.28 bits per heavy atom. The molecule has 18 heavy (non-hydrogen) atoms. The topological polar surface area (TPSA) is 55.8 Å². The SMILES string of the molecule is O=C(CCC1CCCN1)N1CCN(CCO)CC1. The van der Waals surface area contributed by atoms with Gasteiger partial charge >= 0.3 is 0 Å². The molecule has 0 aromatic rings. The van der Waals surface area contributed by atoms with Crippen molar-refractivity contribution in [3.8, 4) is 0 Å². The van der Waals surface area contributed by atoms with Crippen molar-refractivity contribution in [2.75, 3.05) is 45.9 Å². The maximum absolute atomic E-state index is 12.0. The van der Waals surface area contributed by atoms with E-state index in [9.17, 15) is 4.79 Å². The van der Waals surface area contributed by atoms with E-state index in [2.05, 4.69) is 10.2 Å². The van der Waals surface area contributed by atoms with E-state index in [4.69, 9.17) is 5.11 Å². The molecular weight excluding hydrogens is 230 g/mol. The van der Waals surface area contributed by atoms with E-state index in [1.165, 1.54) is 12.8 Å². The predicted octanol–water partition coefficient (Wildman–Crippen LogP) is -0.345. The van der Waals surface area contributed by atoms with Crippen LogP contribution in [0.4, 0.5) is 0 Å². The summed E-state index contributed by atoms with van der Waals surface area (Å²) in [5, 5.41) is 12.3. The minimum atomic E-state index is 0.210. The van der Waals surface area contributed by atoms with Gasteiger partial charge in [0.2, 0.25) is 5.91 Å². The van der Waals surface area contributed by atoms with E-state index in [0.717, 1.165) is 45.7 Å². The van der Waals surface area contributed by atoms with Crippen molar-refractivity contribution >= 4 is 5.91 Å². The van der Waals surface area contributed by atoms with Crippen molar-refractivity contribution in [2.24, 2.45) is 0 Å². The number of hydrogen-bond donors (Lipinski definition) is 2. The second kappa shape index (κ2) is 7.07. The van der Waals surface area contributed by atoms with Crippen molar-refractivity contribution in [1.82, 2.24) is 15.1 Å². The molecule has 0 aromatic carbocycles. The number of aliphatic hydroxyl groups is 1. The van der Waals surface area contributed by atoms with E-state index in [0.29, 0.717) is 18.4 Å². The largest absolute Gasteiger partial charge is 0.395 e. The summed E-state index contributed by atoms with van der Waals surface area (Å²) in [6.45, 7) is 5.48. The number of β-amino-alcohol motifs (C(OH)–C–C–N with tert-alkyl or cyclic N) is 1. The summed E-state index contributed by atoms with van der Waals surface area (Å²) in [5.41, 5.74) is 0. The van der Waals surface area contributed by atoms with Crippen LogP contribution in [-0.2, 0) is 4.79 Å². The molecule has 0 aliphatic carbocycles. The fourth-order valence-electron chi connectivity index (χ4n) is 2.82. The first-order chi connectivity index (χ1) is 8.79. The van der Waals surface area contributed by atoms with Crippen LogP contribution >= 0.6 is 0 Å². The summed E-state index contributed by atoms with van der Waals surface area (Å²) in [4.78, 5) is 16.2. The van der Waals surface area contributed by atoms with Gasteiger partial charge in [0.25, 0.3) is 0 Å². The number of carbonyl (C=O) groups is 1. The Kier molecular flexibility index (Phi) is 5.41. The Labute approximate surface area is 109 Å². The average Bonchev–Trinajstić information content (AvgIpc) is 2.90. The highest BCUT2D eigenvalue weighted by Gasteiger charge is 2.22. The summed E-state index contributed by atoms with van der Waals surface area (Å²) in [6, 6.07) is 0.560. The lowest BCUT2D eigenvalue weighted by Gasteiger charge is -2.34. The van der Waals surface area contributed by atoms with Gasteiger partial charge in [-0.2, -0.15) is 0 Å². The van der Waals surface area contributed by atoms with Gasteiger partial charge in [0, 0.05) is 45.2 Å². The van der Waals surface area contributed by atoms with Crippen molar-refractivity contribution in [3.63, 3.8) is 0 Å². The summed E-state index contributed by atoms with van der Waals surface area (Å²) in [7, 11) is 0. The van der Waals surface area contributed by atoms with Crippen LogP contribution in [-0.4, -0.2) is 72.7 Å². The molecule has 2 aliphatic heterocycles. The van der Waals surface area contributed by atoms with Crippen molar-refractivity contribution in [3.05, 3.63) is 0 Å². The Hall–Kier alpha value is -0.650. The Balaban J connectivity index is 1.64. The highest BCUT2D eigenvalue weighted by molar-refractivity contribution is 5.76. The number of nitrogens with zero attached hydrogens (tertiary/aromatic N) is 2. The molecule has 0 radical (unpaired) electrons.